The standard InChI is InChI=1S/C19H20O3.C19H18O3.C18H14O3.C18H12O3/c2*1-10-9-22-18-12-6-7-13-11(5-4-8-19(13,2)3)15(12)17(21)16(20)14(10)18;2*1-9-4-3-5-12-11(9)6-7-13-15(12)17(20)16(19)14-10(2)8-21-18(13)14/h6-7,10H,4-5,8-9H2,1-3H3;6-7,9H,4-5,8H2,1-3H3;3-7,10H,8H2,1-2H3;3-8H,1-2H3. The third-order valence-electron chi connectivity index (χ3n) is 19.1. The highest BCUT2D eigenvalue weighted by atomic mass is 16.5. The van der Waals surface area contributed by atoms with E-state index in [1.807, 2.05) is 100 Å². The van der Waals surface area contributed by atoms with Gasteiger partial charge in [-0.15, -0.1) is 0 Å². The lowest BCUT2D eigenvalue weighted by Crippen LogP contribution is -2.31. The zero-order valence-electron chi connectivity index (χ0n) is 49.9. The second kappa shape index (κ2) is 20.2. The maximum Gasteiger partial charge on any atom is 0.237 e. The summed E-state index contributed by atoms with van der Waals surface area (Å²) in [5.41, 5.74) is 15.4. The molecule has 6 aliphatic carbocycles. The lowest BCUT2D eigenvalue weighted by Gasteiger charge is -2.35. The number of carbonyl (C=O) groups excluding carboxylic acids is 8. The summed E-state index contributed by atoms with van der Waals surface area (Å²) in [6.45, 7) is 21.2. The minimum atomic E-state index is -0.474. The first-order chi connectivity index (χ1) is 41.0. The van der Waals surface area contributed by atoms with Crippen molar-refractivity contribution in [2.75, 3.05) is 13.2 Å². The molecule has 16 rings (SSSR count). The molecule has 0 N–H and O–H groups in total. The molecule has 8 aromatic rings. The lowest BCUT2D eigenvalue weighted by atomic mass is 9.69. The van der Waals surface area contributed by atoms with Crippen LogP contribution in [-0.2, 0) is 42.7 Å². The van der Waals surface area contributed by atoms with Crippen molar-refractivity contribution in [3.8, 4) is 22.6 Å². The van der Waals surface area contributed by atoms with Gasteiger partial charge in [-0.2, -0.15) is 0 Å². The van der Waals surface area contributed by atoms with E-state index in [4.69, 9.17) is 18.3 Å². The molecule has 2 aliphatic heterocycles. The van der Waals surface area contributed by atoms with Crippen LogP contribution in [-0.4, -0.2) is 59.5 Å². The van der Waals surface area contributed by atoms with E-state index in [0.29, 0.717) is 91.9 Å². The van der Waals surface area contributed by atoms with Gasteiger partial charge in [-0.3, -0.25) is 38.4 Å². The van der Waals surface area contributed by atoms with E-state index in [0.717, 1.165) is 105 Å². The van der Waals surface area contributed by atoms with E-state index in [-0.39, 0.29) is 40.0 Å². The van der Waals surface area contributed by atoms with Crippen LogP contribution in [0.2, 0.25) is 0 Å². The van der Waals surface area contributed by atoms with Crippen LogP contribution in [0.15, 0.2) is 117 Å². The number of fused-ring (bicyclic) bond motifs is 18. The predicted octanol–water partition coefficient (Wildman–Crippen LogP) is 15.1. The first kappa shape index (κ1) is 56.0. The van der Waals surface area contributed by atoms with Gasteiger partial charge in [0.25, 0.3) is 0 Å². The Balaban J connectivity index is 0.000000106. The molecule has 0 fully saturated rings. The second-order valence-electron chi connectivity index (χ2n) is 25.6. The van der Waals surface area contributed by atoms with Gasteiger partial charge >= 0.3 is 0 Å². The molecule has 2 aromatic heterocycles. The molecule has 0 bridgehead atoms. The molecular formula is C74H64O12. The molecule has 2 unspecified atom stereocenters. The highest BCUT2D eigenvalue weighted by molar-refractivity contribution is 6.56. The van der Waals surface area contributed by atoms with Gasteiger partial charge in [-0.05, 0) is 155 Å². The Morgan fingerprint density at radius 2 is 0.744 bits per heavy atom. The maximum atomic E-state index is 12.7. The number of aryl methyl sites for hydroxylation is 4. The Kier molecular flexibility index (Phi) is 13.2. The molecule has 0 amide bonds. The van der Waals surface area contributed by atoms with Gasteiger partial charge in [0.15, 0.2) is 0 Å². The Hall–Kier alpha value is -9.16. The summed E-state index contributed by atoms with van der Waals surface area (Å²) in [5.74, 6) is -0.908. The average Bonchev–Trinajstić information content (AvgIpc) is 1.88. The number of Topliss-reactive ketones (excluding diaryl/α,β-unsaturated/α-hetero) is 8. The van der Waals surface area contributed by atoms with Gasteiger partial charge in [-0.25, -0.2) is 0 Å². The smallest absolute Gasteiger partial charge is 0.237 e. The quantitative estimate of drug-likeness (QED) is 0.131. The van der Waals surface area contributed by atoms with Gasteiger partial charge < -0.3 is 18.3 Å². The van der Waals surface area contributed by atoms with Crippen molar-refractivity contribution in [2.45, 2.75) is 119 Å². The summed E-state index contributed by atoms with van der Waals surface area (Å²) in [4.78, 5) is 100. The molecule has 432 valence electrons. The number of furan rings is 2. The molecule has 12 heteroatoms. The first-order valence-electron chi connectivity index (χ1n) is 29.7. The summed E-state index contributed by atoms with van der Waals surface area (Å²) in [7, 11) is 0. The monoisotopic (exact) mass is 1140 g/mol. The molecule has 2 atom stereocenters. The highest BCUT2D eigenvalue weighted by Gasteiger charge is 2.45. The first-order valence-corrected chi connectivity index (χ1v) is 29.7. The van der Waals surface area contributed by atoms with E-state index < -0.39 is 28.9 Å². The lowest BCUT2D eigenvalue weighted by molar-refractivity contribution is -0.112. The average molecular weight is 1150 g/mol. The zero-order valence-corrected chi connectivity index (χ0v) is 49.9. The second-order valence-corrected chi connectivity index (χ2v) is 25.6. The SMILES string of the molecule is CC1COC2=C1C(=O)C(=O)c1c2ccc2c1CCCC2(C)C.Cc1cccc2c3c(ccc12)C1=C(C(=O)C3=O)C(C)CO1.Cc1coc2c1C(=O)C(=O)c1c-2ccc2c(C)cccc12.Cc1coc2c1C(=O)C(=O)c1c-2ccc2c1CCCC2(C)C. The van der Waals surface area contributed by atoms with Gasteiger partial charge in [0.1, 0.15) is 23.0 Å². The summed E-state index contributed by atoms with van der Waals surface area (Å²) in [5, 5.41) is 3.64. The minimum Gasteiger partial charge on any atom is -0.492 e. The fraction of sp³-hybridized carbons (Fsp3) is 0.297. The predicted molar refractivity (Wildman–Crippen MR) is 327 cm³/mol. The summed E-state index contributed by atoms with van der Waals surface area (Å²) < 4.78 is 22.6. The summed E-state index contributed by atoms with van der Waals surface area (Å²) in [6.07, 6.45) is 9.15. The minimum absolute atomic E-state index is 0.00655. The van der Waals surface area contributed by atoms with Crippen LogP contribution in [0.25, 0.3) is 55.7 Å². The van der Waals surface area contributed by atoms with Gasteiger partial charge in [0.2, 0.25) is 46.3 Å². The summed E-state index contributed by atoms with van der Waals surface area (Å²) in [6, 6.07) is 27.5. The number of hydrogen-bond acceptors (Lipinski definition) is 12. The molecular weight excluding hydrogens is 1080 g/mol. The maximum absolute atomic E-state index is 12.7. The Labute approximate surface area is 497 Å². The van der Waals surface area contributed by atoms with Crippen LogP contribution < -0.4 is 0 Å². The fourth-order valence-electron chi connectivity index (χ4n) is 14.6. The third kappa shape index (κ3) is 8.37. The fourth-order valence-corrected chi connectivity index (χ4v) is 14.6. The molecule has 8 aliphatic rings. The number of rotatable bonds is 0. The van der Waals surface area contributed by atoms with Crippen LogP contribution in [0.1, 0.15) is 185 Å². The van der Waals surface area contributed by atoms with Crippen LogP contribution in [0.5, 0.6) is 0 Å². The number of benzene rings is 6. The largest absolute Gasteiger partial charge is 0.492 e. The highest BCUT2D eigenvalue weighted by Crippen LogP contribution is 2.48. The van der Waals surface area contributed by atoms with Crippen molar-refractivity contribution in [1.82, 2.24) is 0 Å². The third-order valence-corrected chi connectivity index (χ3v) is 19.1. The number of carbonyl (C=O) groups is 8. The van der Waals surface area contributed by atoms with E-state index in [1.54, 1.807) is 20.1 Å². The van der Waals surface area contributed by atoms with Crippen molar-refractivity contribution in [3.05, 3.63) is 198 Å². The Morgan fingerprint density at radius 3 is 1.23 bits per heavy atom. The number of ether oxygens (including phenoxy) is 2. The molecule has 0 saturated heterocycles. The number of hydrogen-bond donors (Lipinski definition) is 0. The normalized spacial score (nSPS) is 19.6. The van der Waals surface area contributed by atoms with Crippen molar-refractivity contribution in [2.24, 2.45) is 11.8 Å². The van der Waals surface area contributed by atoms with E-state index in [9.17, 15) is 38.4 Å². The summed E-state index contributed by atoms with van der Waals surface area (Å²) >= 11 is 0. The molecule has 0 spiro atoms. The van der Waals surface area contributed by atoms with E-state index in [2.05, 4.69) is 39.8 Å². The van der Waals surface area contributed by atoms with Crippen LogP contribution in [0, 0.1) is 39.5 Å². The molecule has 86 heavy (non-hydrogen) atoms. The molecule has 4 heterocycles. The van der Waals surface area contributed by atoms with Gasteiger partial charge in [0.05, 0.1) is 48.0 Å². The van der Waals surface area contributed by atoms with Gasteiger partial charge in [-0.1, -0.05) is 114 Å². The van der Waals surface area contributed by atoms with Crippen molar-refractivity contribution in [1.29, 1.82) is 0 Å². The van der Waals surface area contributed by atoms with Crippen LogP contribution >= 0.6 is 0 Å². The topological polar surface area (TPSA) is 181 Å². The van der Waals surface area contributed by atoms with E-state index >= 15 is 0 Å². The van der Waals surface area contributed by atoms with Crippen LogP contribution in [0.3, 0.4) is 0 Å². The Bertz CT molecular complexity index is 4540. The molecule has 0 saturated carbocycles. The van der Waals surface area contributed by atoms with E-state index in [1.165, 1.54) is 17.4 Å². The molecule has 0 radical (unpaired) electrons. The Morgan fingerprint density at radius 1 is 0.384 bits per heavy atom. The zero-order chi connectivity index (χ0) is 60.7. The van der Waals surface area contributed by atoms with Crippen molar-refractivity contribution < 1.29 is 56.7 Å². The molecule has 12 nitrogen and oxygen atoms in total. The van der Waals surface area contributed by atoms with Crippen molar-refractivity contribution >= 4 is 79.3 Å². The number of ketones is 8. The van der Waals surface area contributed by atoms with Crippen LogP contribution in [0.4, 0.5) is 0 Å². The molecule has 6 aromatic carbocycles. The van der Waals surface area contributed by atoms with Gasteiger partial charge in [0, 0.05) is 56.3 Å². The van der Waals surface area contributed by atoms with Crippen molar-refractivity contribution in [3.63, 3.8) is 0 Å².